The summed E-state index contributed by atoms with van der Waals surface area (Å²) in [7, 11) is 0. The fraction of sp³-hybridized carbons (Fsp3) is 0.542. The summed E-state index contributed by atoms with van der Waals surface area (Å²) in [5.41, 5.74) is 1.37. The molecule has 166 valence electrons. The summed E-state index contributed by atoms with van der Waals surface area (Å²) >= 11 is 1.60. The van der Waals surface area contributed by atoms with Crippen molar-refractivity contribution in [2.24, 2.45) is 0 Å². The number of allylic oxidation sites excluding steroid dienone is 1. The van der Waals surface area contributed by atoms with Crippen LogP contribution in [0.4, 0.5) is 0 Å². The van der Waals surface area contributed by atoms with E-state index in [1.165, 1.54) is 18.4 Å². The zero-order valence-electron chi connectivity index (χ0n) is 18.9. The number of rotatable bonds is 5. The van der Waals surface area contributed by atoms with Crippen LogP contribution in [0.1, 0.15) is 70.3 Å². The minimum Gasteiger partial charge on any atom is -0.349 e. The largest absolute Gasteiger partial charge is 0.349 e. The van der Waals surface area contributed by atoms with E-state index < -0.39 is 5.54 Å². The van der Waals surface area contributed by atoms with E-state index in [1.807, 2.05) is 51.3 Å². The van der Waals surface area contributed by atoms with Gasteiger partial charge in [0.15, 0.2) is 0 Å². The molecule has 1 aliphatic carbocycles. The van der Waals surface area contributed by atoms with Crippen molar-refractivity contribution in [3.05, 3.63) is 40.9 Å². The van der Waals surface area contributed by atoms with Gasteiger partial charge in [-0.3, -0.25) is 14.3 Å². The van der Waals surface area contributed by atoms with Gasteiger partial charge in [-0.1, -0.05) is 17.7 Å². The third-order valence-electron chi connectivity index (χ3n) is 6.09. The molecule has 7 heteroatoms. The monoisotopic (exact) mass is 440 g/mol. The lowest BCUT2D eigenvalue weighted by Gasteiger charge is -2.44. The average molecular weight is 441 g/mol. The zero-order chi connectivity index (χ0) is 22.2. The Morgan fingerprint density at radius 3 is 2.77 bits per heavy atom. The van der Waals surface area contributed by atoms with E-state index in [4.69, 9.17) is 5.10 Å². The number of fused-ring (bicyclic) bond motifs is 1. The molecule has 4 rings (SSSR count). The maximum absolute atomic E-state index is 13.6. The number of nitrogens with zero attached hydrogens (tertiary/aromatic N) is 3. The van der Waals surface area contributed by atoms with Crippen LogP contribution in [-0.2, 0) is 11.3 Å². The molecule has 1 aliphatic heterocycles. The van der Waals surface area contributed by atoms with Gasteiger partial charge in [-0.2, -0.15) is 5.10 Å². The molecule has 0 saturated carbocycles. The minimum atomic E-state index is -0.995. The summed E-state index contributed by atoms with van der Waals surface area (Å²) in [4.78, 5) is 29.9. The quantitative estimate of drug-likeness (QED) is 0.689. The highest BCUT2D eigenvalue weighted by atomic mass is 32.1. The molecule has 2 aromatic heterocycles. The topological polar surface area (TPSA) is 67.2 Å². The minimum absolute atomic E-state index is 0.121. The van der Waals surface area contributed by atoms with Gasteiger partial charge in [0.05, 0.1) is 11.4 Å². The summed E-state index contributed by atoms with van der Waals surface area (Å²) in [5, 5.41) is 9.79. The summed E-state index contributed by atoms with van der Waals surface area (Å²) < 4.78 is 1.72. The van der Waals surface area contributed by atoms with Crippen molar-refractivity contribution in [3.63, 3.8) is 0 Å². The van der Waals surface area contributed by atoms with Crippen molar-refractivity contribution in [1.82, 2.24) is 20.0 Å². The van der Waals surface area contributed by atoms with Crippen LogP contribution in [0.2, 0.25) is 0 Å². The first-order valence-corrected chi connectivity index (χ1v) is 12.0. The molecule has 31 heavy (non-hydrogen) atoms. The molecule has 0 spiro atoms. The number of carbonyl (C=O) groups excluding carboxylic acids is 2. The van der Waals surface area contributed by atoms with E-state index in [0.29, 0.717) is 18.8 Å². The van der Waals surface area contributed by atoms with Crippen LogP contribution in [0.25, 0.3) is 10.6 Å². The van der Waals surface area contributed by atoms with Crippen LogP contribution >= 0.6 is 11.3 Å². The van der Waals surface area contributed by atoms with Crippen LogP contribution in [0.5, 0.6) is 0 Å². The fourth-order valence-corrected chi connectivity index (χ4v) is 5.08. The second kappa shape index (κ2) is 8.26. The van der Waals surface area contributed by atoms with Crippen molar-refractivity contribution in [1.29, 1.82) is 0 Å². The van der Waals surface area contributed by atoms with Crippen molar-refractivity contribution < 1.29 is 9.59 Å². The van der Waals surface area contributed by atoms with Gasteiger partial charge in [-0.25, -0.2) is 0 Å². The molecule has 0 unspecified atom stereocenters. The van der Waals surface area contributed by atoms with Crippen LogP contribution in [0, 0.1) is 0 Å². The molecule has 1 N–H and O–H groups in total. The molecule has 0 saturated heterocycles. The molecule has 6 nitrogen and oxygen atoms in total. The summed E-state index contributed by atoms with van der Waals surface area (Å²) in [6.45, 7) is 8.65. The number of thiophene rings is 1. The molecular weight excluding hydrogens is 408 g/mol. The van der Waals surface area contributed by atoms with E-state index in [9.17, 15) is 9.59 Å². The second-order valence-corrected chi connectivity index (χ2v) is 10.8. The lowest BCUT2D eigenvalue weighted by molar-refractivity contribution is -0.134. The lowest BCUT2D eigenvalue weighted by atomic mass is 9.91. The normalized spacial score (nSPS) is 21.6. The number of hydrogen-bond acceptors (Lipinski definition) is 4. The zero-order valence-corrected chi connectivity index (χ0v) is 19.7. The van der Waals surface area contributed by atoms with Crippen molar-refractivity contribution in [2.45, 2.75) is 77.4 Å². The molecule has 1 atom stereocenters. The van der Waals surface area contributed by atoms with Crippen LogP contribution < -0.4 is 5.32 Å². The Kier molecular flexibility index (Phi) is 5.81. The van der Waals surface area contributed by atoms with E-state index >= 15 is 0 Å². The van der Waals surface area contributed by atoms with Crippen molar-refractivity contribution in [2.75, 3.05) is 6.54 Å². The smallest absolute Gasteiger partial charge is 0.273 e. The highest BCUT2D eigenvalue weighted by molar-refractivity contribution is 7.13. The Labute approximate surface area is 188 Å². The van der Waals surface area contributed by atoms with Gasteiger partial charge >= 0.3 is 0 Å². The standard InChI is InChI=1S/C24H32N4O2S/c1-23(2,3)25-22(30)24(4)16-28-19(15-18(26-28)20-11-8-14-31-20)21(29)27(24)13-12-17-9-6-5-7-10-17/h8-9,11,14-15H,5-7,10,12-13,16H2,1-4H3,(H,25,30)/t24-/m1/s1. The van der Waals surface area contributed by atoms with Gasteiger partial charge in [-0.05, 0) is 77.3 Å². The Morgan fingerprint density at radius 2 is 2.13 bits per heavy atom. The molecule has 0 radical (unpaired) electrons. The number of nitrogens with one attached hydrogen (secondary N) is 1. The highest BCUT2D eigenvalue weighted by Gasteiger charge is 2.48. The molecule has 2 amide bonds. The van der Waals surface area contributed by atoms with E-state index in [0.717, 1.165) is 29.8 Å². The lowest BCUT2D eigenvalue weighted by Crippen LogP contribution is -2.66. The molecule has 0 aromatic carbocycles. The van der Waals surface area contributed by atoms with Gasteiger partial charge in [0.25, 0.3) is 5.91 Å². The number of aromatic nitrogens is 2. The fourth-order valence-electron chi connectivity index (χ4n) is 4.40. The first-order chi connectivity index (χ1) is 14.7. The Morgan fingerprint density at radius 1 is 1.32 bits per heavy atom. The predicted molar refractivity (Wildman–Crippen MR) is 124 cm³/mol. The maximum Gasteiger partial charge on any atom is 0.273 e. The number of carbonyl (C=O) groups is 2. The summed E-state index contributed by atoms with van der Waals surface area (Å²) in [6, 6.07) is 5.84. The first-order valence-electron chi connectivity index (χ1n) is 11.1. The molecule has 3 heterocycles. The molecule has 0 fully saturated rings. The Hall–Kier alpha value is -2.41. The van der Waals surface area contributed by atoms with Crippen LogP contribution in [-0.4, -0.2) is 44.1 Å². The molecule has 2 aromatic rings. The number of amides is 2. The maximum atomic E-state index is 13.6. The van der Waals surface area contributed by atoms with E-state index in [2.05, 4.69) is 11.4 Å². The van der Waals surface area contributed by atoms with Crippen molar-refractivity contribution >= 4 is 23.2 Å². The van der Waals surface area contributed by atoms with Gasteiger partial charge < -0.3 is 10.2 Å². The van der Waals surface area contributed by atoms with Gasteiger partial charge in [0, 0.05) is 12.1 Å². The van der Waals surface area contributed by atoms with E-state index in [1.54, 1.807) is 20.9 Å². The van der Waals surface area contributed by atoms with Gasteiger partial charge in [-0.15, -0.1) is 11.3 Å². The summed E-state index contributed by atoms with van der Waals surface area (Å²) in [6.07, 6.45) is 7.77. The Balaban J connectivity index is 1.67. The first kappa shape index (κ1) is 21.8. The van der Waals surface area contributed by atoms with Crippen LogP contribution in [0.3, 0.4) is 0 Å². The van der Waals surface area contributed by atoms with Gasteiger partial charge in [0.1, 0.15) is 16.9 Å². The SMILES string of the molecule is CC(C)(C)NC(=O)[C@@]1(C)Cn2nc(-c3cccs3)cc2C(=O)N1CCC1=CCCCC1. The average Bonchev–Trinajstić information content (AvgIpc) is 3.37. The number of hydrogen-bond donors (Lipinski definition) is 1. The van der Waals surface area contributed by atoms with Crippen LogP contribution in [0.15, 0.2) is 35.2 Å². The van der Waals surface area contributed by atoms with Gasteiger partial charge in [0.2, 0.25) is 5.91 Å². The third-order valence-corrected chi connectivity index (χ3v) is 6.98. The molecule has 0 bridgehead atoms. The molecule has 2 aliphatic rings. The second-order valence-electron chi connectivity index (χ2n) is 9.84. The summed E-state index contributed by atoms with van der Waals surface area (Å²) in [5.74, 6) is -0.255. The molecular formula is C24H32N4O2S. The van der Waals surface area contributed by atoms with Crippen molar-refractivity contribution in [3.8, 4) is 10.6 Å². The Bertz CT molecular complexity index is 999. The predicted octanol–water partition coefficient (Wildman–Crippen LogP) is 4.63. The third kappa shape index (κ3) is 4.47. The highest BCUT2D eigenvalue weighted by Crippen LogP contribution is 2.33. The van der Waals surface area contributed by atoms with E-state index in [-0.39, 0.29) is 17.4 Å².